The van der Waals surface area contributed by atoms with Gasteiger partial charge in [-0.15, -0.1) is 0 Å². The molecule has 88 valence electrons. The van der Waals surface area contributed by atoms with Gasteiger partial charge in [0.05, 0.1) is 12.1 Å². The van der Waals surface area contributed by atoms with Gasteiger partial charge in [0.25, 0.3) is 0 Å². The molecule has 2 unspecified atom stereocenters. The zero-order valence-corrected chi connectivity index (χ0v) is 10.3. The molecule has 0 N–H and O–H groups in total. The van der Waals surface area contributed by atoms with E-state index in [-0.39, 0.29) is 22.9 Å². The Bertz CT molecular complexity index is 325. The molecule has 1 aliphatic carbocycles. The molecule has 0 aromatic heterocycles. The van der Waals surface area contributed by atoms with Gasteiger partial charge in [-0.05, 0) is 23.7 Å². The van der Waals surface area contributed by atoms with Crippen molar-refractivity contribution in [2.75, 3.05) is 0 Å². The fourth-order valence-corrected chi connectivity index (χ4v) is 2.39. The van der Waals surface area contributed by atoms with Crippen LogP contribution in [0, 0.1) is 10.8 Å². The summed E-state index contributed by atoms with van der Waals surface area (Å²) in [5.41, 5.74) is -0.254. The SMILES string of the molecule is CC1(C)CC(N=C=O)C(C)(C)CC1N=C=O. The number of rotatable bonds is 2. The monoisotopic (exact) mass is 222 g/mol. The van der Waals surface area contributed by atoms with Gasteiger partial charge >= 0.3 is 0 Å². The predicted octanol–water partition coefficient (Wildman–Crippen LogP) is 2.24. The lowest BCUT2D eigenvalue weighted by molar-refractivity contribution is 0.0812. The van der Waals surface area contributed by atoms with E-state index in [2.05, 4.69) is 9.98 Å². The Morgan fingerprint density at radius 2 is 1.19 bits per heavy atom. The third-order valence-corrected chi connectivity index (χ3v) is 3.66. The van der Waals surface area contributed by atoms with Gasteiger partial charge in [-0.2, -0.15) is 0 Å². The Kier molecular flexibility index (Phi) is 3.47. The average Bonchev–Trinajstić information content (AvgIpc) is 2.14. The van der Waals surface area contributed by atoms with Gasteiger partial charge in [0, 0.05) is 0 Å². The highest BCUT2D eigenvalue weighted by molar-refractivity contribution is 5.35. The van der Waals surface area contributed by atoms with Crippen molar-refractivity contribution < 1.29 is 9.59 Å². The second kappa shape index (κ2) is 4.32. The molecule has 1 rings (SSSR count). The zero-order chi connectivity index (χ0) is 12.4. The van der Waals surface area contributed by atoms with Gasteiger partial charge in [0.2, 0.25) is 12.2 Å². The molecule has 0 saturated heterocycles. The van der Waals surface area contributed by atoms with Crippen molar-refractivity contribution in [3.63, 3.8) is 0 Å². The third-order valence-electron chi connectivity index (χ3n) is 3.66. The fraction of sp³-hybridized carbons (Fsp3) is 0.833. The van der Waals surface area contributed by atoms with Crippen LogP contribution in [0.1, 0.15) is 40.5 Å². The Balaban J connectivity index is 3.02. The summed E-state index contributed by atoms with van der Waals surface area (Å²) in [5.74, 6) is 0. The number of carbonyl (C=O) groups excluding carboxylic acids is 2. The van der Waals surface area contributed by atoms with Crippen molar-refractivity contribution in [3.05, 3.63) is 0 Å². The van der Waals surface area contributed by atoms with Crippen LogP contribution in [0.3, 0.4) is 0 Å². The Morgan fingerprint density at radius 3 is 1.44 bits per heavy atom. The van der Waals surface area contributed by atoms with E-state index in [9.17, 15) is 9.59 Å². The van der Waals surface area contributed by atoms with Crippen molar-refractivity contribution >= 4 is 12.2 Å². The number of hydrogen-bond donors (Lipinski definition) is 0. The van der Waals surface area contributed by atoms with E-state index in [1.54, 1.807) is 12.2 Å². The second-order valence-electron chi connectivity index (χ2n) is 5.86. The molecular formula is C12H18N2O2. The van der Waals surface area contributed by atoms with Crippen LogP contribution in [0.5, 0.6) is 0 Å². The van der Waals surface area contributed by atoms with Crippen molar-refractivity contribution in [2.45, 2.75) is 52.6 Å². The Labute approximate surface area is 95.9 Å². The van der Waals surface area contributed by atoms with Gasteiger partial charge in [-0.25, -0.2) is 19.6 Å². The van der Waals surface area contributed by atoms with Crippen LogP contribution in [-0.2, 0) is 9.59 Å². The maximum absolute atomic E-state index is 10.4. The van der Waals surface area contributed by atoms with Crippen LogP contribution in [-0.4, -0.2) is 24.2 Å². The van der Waals surface area contributed by atoms with Gasteiger partial charge in [-0.3, -0.25) is 0 Å². The molecule has 0 heterocycles. The lowest BCUT2D eigenvalue weighted by Gasteiger charge is -2.46. The van der Waals surface area contributed by atoms with E-state index in [0.29, 0.717) is 0 Å². The van der Waals surface area contributed by atoms with Crippen molar-refractivity contribution in [1.29, 1.82) is 0 Å². The summed E-state index contributed by atoms with van der Waals surface area (Å²) in [6.45, 7) is 8.17. The molecule has 0 aromatic carbocycles. The minimum atomic E-state index is -0.127. The lowest BCUT2D eigenvalue weighted by atomic mass is 9.61. The molecule has 1 fully saturated rings. The molecule has 1 saturated carbocycles. The van der Waals surface area contributed by atoms with Crippen molar-refractivity contribution in [2.24, 2.45) is 20.8 Å². The number of nitrogens with zero attached hydrogens (tertiary/aromatic N) is 2. The normalized spacial score (nSPS) is 31.0. The van der Waals surface area contributed by atoms with Crippen LogP contribution >= 0.6 is 0 Å². The van der Waals surface area contributed by atoms with Crippen LogP contribution in [0.15, 0.2) is 9.98 Å². The van der Waals surface area contributed by atoms with Gasteiger partial charge in [0.1, 0.15) is 0 Å². The van der Waals surface area contributed by atoms with Crippen molar-refractivity contribution in [1.82, 2.24) is 0 Å². The fourth-order valence-electron chi connectivity index (χ4n) is 2.39. The summed E-state index contributed by atoms with van der Waals surface area (Å²) in [4.78, 5) is 28.6. The molecule has 4 heteroatoms. The van der Waals surface area contributed by atoms with E-state index in [0.717, 1.165) is 12.8 Å². The first-order valence-electron chi connectivity index (χ1n) is 5.47. The molecule has 16 heavy (non-hydrogen) atoms. The maximum atomic E-state index is 10.4. The minimum Gasteiger partial charge on any atom is -0.211 e. The first-order valence-corrected chi connectivity index (χ1v) is 5.47. The van der Waals surface area contributed by atoms with Gasteiger partial charge in [-0.1, -0.05) is 27.7 Å². The summed E-state index contributed by atoms with van der Waals surface area (Å²) in [6.07, 6.45) is 4.77. The lowest BCUT2D eigenvalue weighted by Crippen LogP contribution is -2.46. The van der Waals surface area contributed by atoms with Crippen LogP contribution in [0.2, 0.25) is 0 Å². The van der Waals surface area contributed by atoms with Crippen LogP contribution in [0.25, 0.3) is 0 Å². The van der Waals surface area contributed by atoms with Crippen LogP contribution in [0.4, 0.5) is 0 Å². The Hall–Kier alpha value is -1.24. The van der Waals surface area contributed by atoms with Crippen molar-refractivity contribution in [3.8, 4) is 0 Å². The Morgan fingerprint density at radius 1 is 0.875 bits per heavy atom. The minimum absolute atomic E-state index is 0.0434. The molecule has 4 nitrogen and oxygen atoms in total. The average molecular weight is 222 g/mol. The smallest absolute Gasteiger partial charge is 0.211 e. The summed E-state index contributed by atoms with van der Waals surface area (Å²) >= 11 is 0. The van der Waals surface area contributed by atoms with E-state index >= 15 is 0 Å². The first-order chi connectivity index (χ1) is 7.33. The summed E-state index contributed by atoms with van der Waals surface area (Å²) in [7, 11) is 0. The summed E-state index contributed by atoms with van der Waals surface area (Å²) < 4.78 is 0. The molecule has 2 atom stereocenters. The first kappa shape index (κ1) is 12.8. The number of hydrogen-bond acceptors (Lipinski definition) is 4. The molecule has 0 aliphatic heterocycles. The molecule has 0 spiro atoms. The quantitative estimate of drug-likeness (QED) is 0.531. The van der Waals surface area contributed by atoms with E-state index < -0.39 is 0 Å². The van der Waals surface area contributed by atoms with Gasteiger partial charge in [0.15, 0.2) is 0 Å². The topological polar surface area (TPSA) is 58.9 Å². The molecular weight excluding hydrogens is 204 g/mol. The summed E-state index contributed by atoms with van der Waals surface area (Å²) in [6, 6.07) is -0.0868. The van der Waals surface area contributed by atoms with Crippen LogP contribution < -0.4 is 0 Å². The maximum Gasteiger partial charge on any atom is 0.235 e. The molecule has 1 aliphatic rings. The van der Waals surface area contributed by atoms with E-state index in [1.165, 1.54) is 0 Å². The molecule has 0 aromatic rings. The van der Waals surface area contributed by atoms with E-state index in [1.807, 2.05) is 27.7 Å². The number of isocyanates is 2. The molecule has 0 radical (unpaired) electrons. The molecule has 0 bridgehead atoms. The standard InChI is InChI=1S/C12H18N2O2/c1-11(2)5-10(14-8-16)12(3,4)6-9(11)13-7-15/h9-10H,5-6H2,1-4H3. The van der Waals surface area contributed by atoms with E-state index in [4.69, 9.17) is 0 Å². The molecule has 0 amide bonds. The third kappa shape index (κ3) is 2.46. The zero-order valence-electron chi connectivity index (χ0n) is 10.3. The summed E-state index contributed by atoms with van der Waals surface area (Å²) in [5, 5.41) is 0. The highest BCUT2D eigenvalue weighted by Crippen LogP contribution is 2.47. The predicted molar refractivity (Wildman–Crippen MR) is 60.6 cm³/mol. The second-order valence-corrected chi connectivity index (χ2v) is 5.86. The number of aliphatic imine (C=N–C) groups is 2. The van der Waals surface area contributed by atoms with Gasteiger partial charge < -0.3 is 0 Å². The largest absolute Gasteiger partial charge is 0.235 e. The highest BCUT2D eigenvalue weighted by Gasteiger charge is 2.46. The highest BCUT2D eigenvalue weighted by atomic mass is 16.1.